The van der Waals surface area contributed by atoms with Gasteiger partial charge in [-0.15, -0.1) is 0 Å². The summed E-state index contributed by atoms with van der Waals surface area (Å²) in [6.07, 6.45) is 1.56. The van der Waals surface area contributed by atoms with E-state index in [4.69, 9.17) is 9.47 Å². The summed E-state index contributed by atoms with van der Waals surface area (Å²) in [5.41, 5.74) is 4.20. The van der Waals surface area contributed by atoms with Gasteiger partial charge in [0.1, 0.15) is 17.2 Å². The van der Waals surface area contributed by atoms with Gasteiger partial charge in [-0.25, -0.2) is 5.43 Å². The number of benzene rings is 1. The number of hydrogen-bond donors (Lipinski definition) is 1. The summed E-state index contributed by atoms with van der Waals surface area (Å²) < 4.78 is 11.1. The molecule has 1 aromatic carbocycles. The number of ether oxygens (including phenoxy) is 2. The van der Waals surface area contributed by atoms with Gasteiger partial charge >= 0.3 is 0 Å². The number of carbonyl (C=O) groups is 1. The van der Waals surface area contributed by atoms with Crippen LogP contribution in [0.4, 0.5) is 0 Å². The Kier molecular flexibility index (Phi) is 6.31. The lowest BCUT2D eigenvalue weighted by atomic mass is 10.1. The zero-order valence-electron chi connectivity index (χ0n) is 14.1. The van der Waals surface area contributed by atoms with E-state index in [2.05, 4.69) is 15.5 Å². The van der Waals surface area contributed by atoms with Gasteiger partial charge in [-0.2, -0.15) is 5.10 Å². The third-order valence-electron chi connectivity index (χ3n) is 3.17. The quantitative estimate of drug-likeness (QED) is 0.627. The first-order chi connectivity index (χ1) is 11.7. The normalized spacial score (nSPS) is 11.0. The molecule has 0 aliphatic carbocycles. The van der Waals surface area contributed by atoms with Crippen molar-refractivity contribution >= 4 is 11.6 Å². The van der Waals surface area contributed by atoms with Crippen molar-refractivity contribution in [1.29, 1.82) is 0 Å². The van der Waals surface area contributed by atoms with Crippen molar-refractivity contribution in [2.24, 2.45) is 5.10 Å². The van der Waals surface area contributed by atoms with Crippen LogP contribution in [0.5, 0.6) is 11.5 Å². The molecule has 2 aromatic rings. The van der Waals surface area contributed by atoms with E-state index >= 15 is 0 Å². The number of aromatic nitrogens is 1. The van der Waals surface area contributed by atoms with E-state index in [-0.39, 0.29) is 5.91 Å². The predicted octanol–water partition coefficient (Wildman–Crippen LogP) is 3.03. The monoisotopic (exact) mass is 327 g/mol. The van der Waals surface area contributed by atoms with E-state index in [1.165, 1.54) is 0 Å². The molecule has 0 aliphatic heterocycles. The topological polar surface area (TPSA) is 72.8 Å². The minimum atomic E-state index is -0.367. The number of nitrogens with zero attached hydrogens (tertiary/aromatic N) is 2. The highest BCUT2D eigenvalue weighted by molar-refractivity contribution is 6.02. The summed E-state index contributed by atoms with van der Waals surface area (Å²) in [6.45, 7) is 6.74. The van der Waals surface area contributed by atoms with Crippen LogP contribution in [0.1, 0.15) is 36.8 Å². The Labute approximate surface area is 141 Å². The molecule has 1 aromatic heterocycles. The Hall–Kier alpha value is -2.89. The molecule has 0 fully saturated rings. The van der Waals surface area contributed by atoms with Crippen LogP contribution in [0.25, 0.3) is 0 Å². The molecule has 0 saturated heterocycles. The van der Waals surface area contributed by atoms with E-state index in [0.717, 1.165) is 11.3 Å². The highest BCUT2D eigenvalue weighted by Gasteiger charge is 2.10. The fraction of sp³-hybridized carbons (Fsp3) is 0.278. The molecule has 0 saturated carbocycles. The van der Waals surface area contributed by atoms with Gasteiger partial charge in [-0.1, -0.05) is 6.07 Å². The Bertz CT molecular complexity index is 715. The van der Waals surface area contributed by atoms with Crippen molar-refractivity contribution in [1.82, 2.24) is 10.4 Å². The van der Waals surface area contributed by atoms with Crippen molar-refractivity contribution in [2.45, 2.75) is 20.8 Å². The molecule has 1 heterocycles. The van der Waals surface area contributed by atoms with Crippen molar-refractivity contribution in [3.63, 3.8) is 0 Å². The summed E-state index contributed by atoms with van der Waals surface area (Å²) in [4.78, 5) is 16.0. The molecule has 6 heteroatoms. The van der Waals surface area contributed by atoms with Crippen LogP contribution in [0, 0.1) is 0 Å². The summed E-state index contributed by atoms with van der Waals surface area (Å²) in [5.74, 6) is 1.05. The van der Waals surface area contributed by atoms with E-state index in [0.29, 0.717) is 30.4 Å². The second kappa shape index (κ2) is 8.67. The molecule has 126 valence electrons. The summed E-state index contributed by atoms with van der Waals surface area (Å²) >= 11 is 0. The number of hydrazone groups is 1. The molecular weight excluding hydrogens is 306 g/mol. The maximum Gasteiger partial charge on any atom is 0.289 e. The highest BCUT2D eigenvalue weighted by Crippen LogP contribution is 2.25. The van der Waals surface area contributed by atoms with E-state index in [1.807, 2.05) is 32.0 Å². The fourth-order valence-electron chi connectivity index (χ4n) is 2.08. The Morgan fingerprint density at radius 3 is 2.62 bits per heavy atom. The number of hydrogen-bond acceptors (Lipinski definition) is 5. The zero-order chi connectivity index (χ0) is 17.4. The minimum Gasteiger partial charge on any atom is -0.494 e. The van der Waals surface area contributed by atoms with Crippen LogP contribution in [0.15, 0.2) is 47.7 Å². The third kappa shape index (κ3) is 4.55. The maximum absolute atomic E-state index is 12.0. The number of amides is 1. The molecule has 1 N–H and O–H groups in total. The Morgan fingerprint density at radius 1 is 1.17 bits per heavy atom. The first-order valence-corrected chi connectivity index (χ1v) is 7.81. The minimum absolute atomic E-state index is 0.308. The molecule has 0 unspecified atom stereocenters. The molecular formula is C18H21N3O3. The predicted molar refractivity (Wildman–Crippen MR) is 92.7 cm³/mol. The molecule has 0 spiro atoms. The summed E-state index contributed by atoms with van der Waals surface area (Å²) in [6, 6.07) is 10.7. The van der Waals surface area contributed by atoms with Gasteiger partial charge in [0.2, 0.25) is 0 Å². The first-order valence-electron chi connectivity index (χ1n) is 7.81. The summed E-state index contributed by atoms with van der Waals surface area (Å²) in [7, 11) is 0. The van der Waals surface area contributed by atoms with Crippen LogP contribution < -0.4 is 14.9 Å². The largest absolute Gasteiger partial charge is 0.494 e. The van der Waals surface area contributed by atoms with Gasteiger partial charge in [0.15, 0.2) is 0 Å². The van der Waals surface area contributed by atoms with Crippen molar-refractivity contribution in [3.8, 4) is 11.5 Å². The smallest absolute Gasteiger partial charge is 0.289 e. The summed E-state index contributed by atoms with van der Waals surface area (Å²) in [5, 5.41) is 4.16. The second-order valence-electron chi connectivity index (χ2n) is 4.88. The van der Waals surface area contributed by atoms with E-state index in [1.54, 1.807) is 31.3 Å². The lowest BCUT2D eigenvalue weighted by molar-refractivity contribution is 0.0950. The van der Waals surface area contributed by atoms with Gasteiger partial charge in [-0.05, 0) is 51.1 Å². The van der Waals surface area contributed by atoms with Crippen molar-refractivity contribution in [2.75, 3.05) is 13.2 Å². The zero-order valence-corrected chi connectivity index (χ0v) is 14.1. The van der Waals surface area contributed by atoms with Crippen LogP contribution in [0.2, 0.25) is 0 Å². The van der Waals surface area contributed by atoms with Crippen LogP contribution >= 0.6 is 0 Å². The Balaban J connectivity index is 2.21. The molecule has 0 atom stereocenters. The average molecular weight is 327 g/mol. The molecule has 6 nitrogen and oxygen atoms in total. The number of rotatable bonds is 7. The molecule has 0 radical (unpaired) electrons. The van der Waals surface area contributed by atoms with Crippen LogP contribution in [-0.2, 0) is 0 Å². The second-order valence-corrected chi connectivity index (χ2v) is 4.88. The van der Waals surface area contributed by atoms with Gasteiger partial charge in [0.05, 0.1) is 18.9 Å². The SMILES string of the molecule is CCOc1ccc(OCC)c(/C(C)=N\NC(=O)c2ccccn2)c1. The van der Waals surface area contributed by atoms with Gasteiger partial charge in [-0.3, -0.25) is 9.78 Å². The fourth-order valence-corrected chi connectivity index (χ4v) is 2.08. The van der Waals surface area contributed by atoms with E-state index in [9.17, 15) is 4.79 Å². The maximum atomic E-state index is 12.0. The van der Waals surface area contributed by atoms with E-state index < -0.39 is 0 Å². The lowest BCUT2D eigenvalue weighted by Crippen LogP contribution is -2.20. The number of carbonyl (C=O) groups excluding carboxylic acids is 1. The Morgan fingerprint density at radius 2 is 1.96 bits per heavy atom. The standard InChI is InChI=1S/C18H21N3O3/c1-4-23-14-9-10-17(24-5-2)15(12-14)13(3)20-21-18(22)16-8-6-7-11-19-16/h6-12H,4-5H2,1-3H3,(H,21,22)/b20-13-. The van der Waals surface area contributed by atoms with Gasteiger partial charge < -0.3 is 9.47 Å². The highest BCUT2D eigenvalue weighted by atomic mass is 16.5. The van der Waals surface area contributed by atoms with Crippen LogP contribution in [-0.4, -0.2) is 29.8 Å². The van der Waals surface area contributed by atoms with Crippen LogP contribution in [0.3, 0.4) is 0 Å². The molecule has 0 bridgehead atoms. The van der Waals surface area contributed by atoms with Crippen molar-refractivity contribution in [3.05, 3.63) is 53.9 Å². The lowest BCUT2D eigenvalue weighted by Gasteiger charge is -2.12. The van der Waals surface area contributed by atoms with Gasteiger partial charge in [0.25, 0.3) is 5.91 Å². The third-order valence-corrected chi connectivity index (χ3v) is 3.17. The number of pyridine rings is 1. The number of nitrogens with one attached hydrogen (secondary N) is 1. The molecule has 2 rings (SSSR count). The molecule has 0 aliphatic rings. The molecule has 1 amide bonds. The average Bonchev–Trinajstić information content (AvgIpc) is 2.62. The molecule has 24 heavy (non-hydrogen) atoms. The van der Waals surface area contributed by atoms with Crippen molar-refractivity contribution < 1.29 is 14.3 Å². The first kappa shape index (κ1) is 17.5. The van der Waals surface area contributed by atoms with Gasteiger partial charge in [0, 0.05) is 11.8 Å².